The maximum Gasteiger partial charge on any atom is 0.270 e. The fraction of sp³-hybridized carbons (Fsp3) is 0.316. The molecule has 1 aliphatic rings. The quantitative estimate of drug-likeness (QED) is 0.781. The lowest BCUT2D eigenvalue weighted by molar-refractivity contribution is 0.0949. The Hall–Kier alpha value is -2.76. The van der Waals surface area contributed by atoms with Crippen LogP contribution in [-0.2, 0) is 0 Å². The molecule has 0 atom stereocenters. The summed E-state index contributed by atoms with van der Waals surface area (Å²) in [5, 5.41) is 5.92. The first-order valence-corrected chi connectivity index (χ1v) is 8.51. The maximum atomic E-state index is 12.9. The van der Waals surface area contributed by atoms with Crippen molar-refractivity contribution >= 4 is 17.4 Å². The van der Waals surface area contributed by atoms with Crippen molar-refractivity contribution in [3.63, 3.8) is 0 Å². The van der Waals surface area contributed by atoms with Crippen molar-refractivity contribution in [2.24, 2.45) is 0 Å². The van der Waals surface area contributed by atoms with Gasteiger partial charge in [-0.25, -0.2) is 14.4 Å². The lowest BCUT2D eigenvalue weighted by Gasteiger charge is -2.13. The van der Waals surface area contributed by atoms with Crippen LogP contribution in [-0.4, -0.2) is 22.4 Å². The van der Waals surface area contributed by atoms with Crippen molar-refractivity contribution in [2.75, 3.05) is 11.9 Å². The lowest BCUT2D eigenvalue weighted by Crippen LogP contribution is -2.26. The van der Waals surface area contributed by atoms with E-state index in [1.165, 1.54) is 36.9 Å². The number of hydrogen-bond acceptors (Lipinski definition) is 4. The van der Waals surface area contributed by atoms with E-state index in [0.717, 1.165) is 19.3 Å². The molecule has 3 rings (SSSR count). The molecule has 0 spiro atoms. The highest BCUT2D eigenvalue weighted by molar-refractivity contribution is 5.92. The van der Waals surface area contributed by atoms with Gasteiger partial charge in [0.05, 0.1) is 0 Å². The Morgan fingerprint density at radius 1 is 1.16 bits per heavy atom. The first kappa shape index (κ1) is 17.1. The second-order valence-electron chi connectivity index (χ2n) is 6.03. The van der Waals surface area contributed by atoms with Crippen molar-refractivity contribution in [3.8, 4) is 0 Å². The minimum atomic E-state index is -0.304. The van der Waals surface area contributed by atoms with Gasteiger partial charge < -0.3 is 10.6 Å². The molecule has 2 aromatic rings. The highest BCUT2D eigenvalue weighted by Gasteiger charge is 2.10. The number of benzene rings is 1. The summed E-state index contributed by atoms with van der Waals surface area (Å²) in [6, 6.07) is 7.51. The average molecular weight is 340 g/mol. The molecular formula is C19H21FN4O. The largest absolute Gasteiger partial charge is 0.350 e. The van der Waals surface area contributed by atoms with Crippen molar-refractivity contribution in [2.45, 2.75) is 32.1 Å². The number of carbonyl (C=O) groups excluding carboxylic acids is 1. The predicted octanol–water partition coefficient (Wildman–Crippen LogP) is 3.98. The molecule has 0 saturated carbocycles. The Morgan fingerprint density at radius 3 is 2.76 bits per heavy atom. The van der Waals surface area contributed by atoms with Gasteiger partial charge in [0.1, 0.15) is 23.7 Å². The van der Waals surface area contributed by atoms with Gasteiger partial charge in [-0.2, -0.15) is 0 Å². The van der Waals surface area contributed by atoms with Gasteiger partial charge in [-0.3, -0.25) is 4.79 Å². The summed E-state index contributed by atoms with van der Waals surface area (Å²) in [5.74, 6) is -0.0379. The van der Waals surface area contributed by atoms with Crippen LogP contribution in [0.15, 0.2) is 48.3 Å². The van der Waals surface area contributed by atoms with Crippen molar-refractivity contribution < 1.29 is 9.18 Å². The molecule has 0 bridgehead atoms. The summed E-state index contributed by atoms with van der Waals surface area (Å²) in [4.78, 5) is 20.3. The highest BCUT2D eigenvalue weighted by Crippen LogP contribution is 2.19. The smallest absolute Gasteiger partial charge is 0.270 e. The third-order valence-electron chi connectivity index (χ3n) is 4.13. The molecule has 0 aliphatic heterocycles. The molecule has 25 heavy (non-hydrogen) atoms. The number of halogens is 1. The zero-order valence-electron chi connectivity index (χ0n) is 14.0. The van der Waals surface area contributed by atoms with Gasteiger partial charge in [-0.05, 0) is 56.4 Å². The van der Waals surface area contributed by atoms with Crippen LogP contribution in [0, 0.1) is 5.82 Å². The van der Waals surface area contributed by atoms with E-state index in [4.69, 9.17) is 0 Å². The van der Waals surface area contributed by atoms with Crippen LogP contribution in [0.5, 0.6) is 0 Å². The minimum Gasteiger partial charge on any atom is -0.350 e. The van der Waals surface area contributed by atoms with Gasteiger partial charge in [0, 0.05) is 18.3 Å². The number of carbonyl (C=O) groups is 1. The van der Waals surface area contributed by atoms with Gasteiger partial charge in [-0.15, -0.1) is 0 Å². The average Bonchev–Trinajstić information content (AvgIpc) is 2.65. The highest BCUT2D eigenvalue weighted by atomic mass is 19.1. The van der Waals surface area contributed by atoms with E-state index in [2.05, 4.69) is 26.7 Å². The van der Waals surface area contributed by atoms with Crippen LogP contribution in [0.2, 0.25) is 0 Å². The van der Waals surface area contributed by atoms with Crippen molar-refractivity contribution in [1.29, 1.82) is 0 Å². The number of allylic oxidation sites excluding steroid dienone is 1. The zero-order chi connectivity index (χ0) is 17.5. The normalized spacial score (nSPS) is 13.9. The number of nitrogens with zero attached hydrogens (tertiary/aromatic N) is 2. The second kappa shape index (κ2) is 8.37. The summed E-state index contributed by atoms with van der Waals surface area (Å²) in [5.41, 5.74) is 2.42. The summed E-state index contributed by atoms with van der Waals surface area (Å²) >= 11 is 0. The van der Waals surface area contributed by atoms with Gasteiger partial charge in [0.15, 0.2) is 0 Å². The van der Waals surface area contributed by atoms with E-state index in [1.54, 1.807) is 18.2 Å². The number of hydrogen-bond donors (Lipinski definition) is 2. The zero-order valence-corrected chi connectivity index (χ0v) is 14.0. The van der Waals surface area contributed by atoms with E-state index < -0.39 is 0 Å². The fourth-order valence-electron chi connectivity index (χ4n) is 2.79. The predicted molar refractivity (Wildman–Crippen MR) is 95.2 cm³/mol. The molecule has 1 aliphatic carbocycles. The van der Waals surface area contributed by atoms with Crippen LogP contribution in [0.3, 0.4) is 0 Å². The Bertz CT molecular complexity index is 758. The third kappa shape index (κ3) is 5.11. The molecule has 1 heterocycles. The van der Waals surface area contributed by atoms with Gasteiger partial charge >= 0.3 is 0 Å². The Morgan fingerprint density at radius 2 is 2.00 bits per heavy atom. The van der Waals surface area contributed by atoms with E-state index in [-0.39, 0.29) is 11.7 Å². The molecule has 0 unspecified atom stereocenters. The van der Waals surface area contributed by atoms with Crippen LogP contribution >= 0.6 is 0 Å². The van der Waals surface area contributed by atoms with Gasteiger partial charge in [0.2, 0.25) is 0 Å². The van der Waals surface area contributed by atoms with Gasteiger partial charge in [0.25, 0.3) is 5.91 Å². The van der Waals surface area contributed by atoms with Crippen molar-refractivity contribution in [3.05, 3.63) is 59.8 Å². The van der Waals surface area contributed by atoms with E-state index in [1.807, 2.05) is 0 Å². The molecule has 130 valence electrons. The summed E-state index contributed by atoms with van der Waals surface area (Å²) < 4.78 is 12.9. The molecule has 1 amide bonds. The summed E-state index contributed by atoms with van der Waals surface area (Å²) in [7, 11) is 0. The molecule has 2 N–H and O–H groups in total. The molecule has 6 heteroatoms. The van der Waals surface area contributed by atoms with Crippen LogP contribution in [0.25, 0.3) is 0 Å². The van der Waals surface area contributed by atoms with Crippen LogP contribution in [0.1, 0.15) is 42.6 Å². The second-order valence-corrected chi connectivity index (χ2v) is 6.03. The number of anilines is 2. The van der Waals surface area contributed by atoms with E-state index in [9.17, 15) is 9.18 Å². The van der Waals surface area contributed by atoms with Crippen molar-refractivity contribution in [1.82, 2.24) is 15.3 Å². The Balaban J connectivity index is 1.55. The van der Waals surface area contributed by atoms with Crippen LogP contribution < -0.4 is 10.6 Å². The van der Waals surface area contributed by atoms with E-state index in [0.29, 0.717) is 23.7 Å². The topological polar surface area (TPSA) is 66.9 Å². The molecular weight excluding hydrogens is 319 g/mol. The first-order chi connectivity index (χ1) is 12.2. The van der Waals surface area contributed by atoms with Gasteiger partial charge in [-0.1, -0.05) is 11.6 Å². The Labute approximate surface area is 146 Å². The summed E-state index contributed by atoms with van der Waals surface area (Å²) in [6.45, 7) is 0.607. The lowest BCUT2D eigenvalue weighted by atomic mass is 9.97. The van der Waals surface area contributed by atoms with E-state index >= 15 is 0 Å². The summed E-state index contributed by atoms with van der Waals surface area (Å²) in [6.07, 6.45) is 9.29. The third-order valence-corrected chi connectivity index (χ3v) is 4.13. The number of rotatable bonds is 6. The molecule has 0 saturated heterocycles. The standard InChI is InChI=1S/C19H21FN4O/c20-15-6-8-16(9-7-15)24-18-12-17(22-13-23-18)19(25)21-11-10-14-4-2-1-3-5-14/h4,6-9,12-13H,1-3,5,10-11H2,(H,21,25)(H,22,23,24). The molecule has 1 aromatic heterocycles. The monoisotopic (exact) mass is 340 g/mol. The van der Waals surface area contributed by atoms with Crippen LogP contribution in [0.4, 0.5) is 15.9 Å². The maximum absolute atomic E-state index is 12.9. The molecule has 1 aromatic carbocycles. The number of amides is 1. The molecule has 0 radical (unpaired) electrons. The fourth-order valence-corrected chi connectivity index (χ4v) is 2.79. The number of aromatic nitrogens is 2. The first-order valence-electron chi connectivity index (χ1n) is 8.51. The Kier molecular flexibility index (Phi) is 5.72. The molecule has 5 nitrogen and oxygen atoms in total. The molecule has 0 fully saturated rings. The minimum absolute atomic E-state index is 0.221. The SMILES string of the molecule is O=C(NCCC1=CCCCC1)c1cc(Nc2ccc(F)cc2)ncn1. The number of nitrogens with one attached hydrogen (secondary N) is 2.